The molecule has 1 atom stereocenters. The summed E-state index contributed by atoms with van der Waals surface area (Å²) in [6.07, 6.45) is 3.28. The van der Waals surface area contributed by atoms with Gasteiger partial charge >= 0.3 is 0 Å². The van der Waals surface area contributed by atoms with Gasteiger partial charge in [0, 0.05) is 5.02 Å². The molecule has 0 bridgehead atoms. The molecule has 0 radical (unpaired) electrons. The van der Waals surface area contributed by atoms with Crippen molar-refractivity contribution in [2.45, 2.75) is 37.1 Å². The number of rotatable bonds is 7. The summed E-state index contributed by atoms with van der Waals surface area (Å²) in [5.74, 6) is -0.437. The highest BCUT2D eigenvalue weighted by Gasteiger charge is 2.29. The first-order valence-corrected chi connectivity index (χ1v) is 12.9. The number of benzene rings is 3. The number of halogens is 2. The maximum atomic E-state index is 13.4. The molecule has 0 aromatic heterocycles. The van der Waals surface area contributed by atoms with Crippen molar-refractivity contribution in [2.75, 3.05) is 10.8 Å². The van der Waals surface area contributed by atoms with Crippen LogP contribution < -0.4 is 9.62 Å². The summed E-state index contributed by atoms with van der Waals surface area (Å²) in [4.78, 5) is 13.1. The van der Waals surface area contributed by atoms with Crippen LogP contribution in [0.15, 0.2) is 71.6 Å². The highest BCUT2D eigenvalue weighted by Crippen LogP contribution is 2.33. The Balaban J connectivity index is 1.60. The fourth-order valence-electron chi connectivity index (χ4n) is 4.06. The Kier molecular flexibility index (Phi) is 6.98. The first-order chi connectivity index (χ1) is 15.8. The Labute approximate surface area is 204 Å². The van der Waals surface area contributed by atoms with Gasteiger partial charge < -0.3 is 5.32 Å². The Morgan fingerprint density at radius 2 is 1.73 bits per heavy atom. The van der Waals surface area contributed by atoms with Gasteiger partial charge in [-0.1, -0.05) is 59.6 Å². The molecule has 1 aliphatic rings. The zero-order valence-electron chi connectivity index (χ0n) is 18.1. The van der Waals surface area contributed by atoms with Crippen LogP contribution in [0.1, 0.15) is 36.1 Å². The molecule has 0 saturated carbocycles. The van der Waals surface area contributed by atoms with Crippen molar-refractivity contribution in [2.24, 2.45) is 0 Å². The van der Waals surface area contributed by atoms with E-state index in [4.69, 9.17) is 23.2 Å². The van der Waals surface area contributed by atoms with Crippen molar-refractivity contribution in [1.29, 1.82) is 0 Å². The first kappa shape index (κ1) is 23.6. The van der Waals surface area contributed by atoms with Crippen LogP contribution in [0, 0.1) is 0 Å². The Bertz CT molecular complexity index is 1280. The average molecular weight is 503 g/mol. The van der Waals surface area contributed by atoms with Gasteiger partial charge in [-0.25, -0.2) is 8.42 Å². The molecule has 4 rings (SSSR count). The molecule has 1 aliphatic carbocycles. The van der Waals surface area contributed by atoms with E-state index in [9.17, 15) is 13.2 Å². The lowest BCUT2D eigenvalue weighted by Crippen LogP contribution is -2.41. The van der Waals surface area contributed by atoms with Crippen LogP contribution in [0.2, 0.25) is 10.0 Å². The molecule has 172 valence electrons. The number of hydrogen-bond donors (Lipinski definition) is 1. The average Bonchev–Trinajstić information content (AvgIpc) is 3.26. The highest BCUT2D eigenvalue weighted by molar-refractivity contribution is 7.92. The molecule has 0 unspecified atom stereocenters. The SMILES string of the molecule is C[C@H](NC(=O)CN(c1ccc(Cl)cc1Cl)S(=O)(=O)c1ccccc1)c1ccc2c(c1)CCC2. The number of carbonyl (C=O) groups is 1. The highest BCUT2D eigenvalue weighted by atomic mass is 35.5. The quantitative estimate of drug-likeness (QED) is 0.460. The molecule has 0 aliphatic heterocycles. The number of anilines is 1. The number of aryl methyl sites for hydroxylation is 2. The van der Waals surface area contributed by atoms with Crippen molar-refractivity contribution < 1.29 is 13.2 Å². The molecule has 3 aromatic rings. The predicted octanol–water partition coefficient (Wildman–Crippen LogP) is 5.55. The molecule has 33 heavy (non-hydrogen) atoms. The Hall–Kier alpha value is -2.54. The molecule has 0 saturated heterocycles. The van der Waals surface area contributed by atoms with Gasteiger partial charge in [0.25, 0.3) is 10.0 Å². The minimum atomic E-state index is -4.05. The van der Waals surface area contributed by atoms with Crippen LogP contribution in [0.5, 0.6) is 0 Å². The first-order valence-electron chi connectivity index (χ1n) is 10.7. The minimum absolute atomic E-state index is 0.0653. The van der Waals surface area contributed by atoms with E-state index in [1.807, 2.05) is 13.0 Å². The largest absolute Gasteiger partial charge is 0.348 e. The molecular weight excluding hydrogens is 479 g/mol. The van der Waals surface area contributed by atoms with E-state index in [2.05, 4.69) is 17.4 Å². The fraction of sp³-hybridized carbons (Fsp3) is 0.240. The van der Waals surface area contributed by atoms with Gasteiger partial charge in [-0.3, -0.25) is 9.10 Å². The fourth-order valence-corrected chi connectivity index (χ4v) is 6.09. The van der Waals surface area contributed by atoms with Gasteiger partial charge in [0.1, 0.15) is 6.54 Å². The van der Waals surface area contributed by atoms with Gasteiger partial charge in [-0.05, 0) is 73.2 Å². The van der Waals surface area contributed by atoms with Crippen molar-refractivity contribution in [3.8, 4) is 0 Å². The topological polar surface area (TPSA) is 66.5 Å². The molecule has 1 amide bonds. The van der Waals surface area contributed by atoms with E-state index in [0.717, 1.165) is 29.1 Å². The van der Waals surface area contributed by atoms with Crippen LogP contribution >= 0.6 is 23.2 Å². The van der Waals surface area contributed by atoms with E-state index in [-0.39, 0.29) is 21.6 Å². The Morgan fingerprint density at radius 1 is 1.00 bits per heavy atom. The lowest BCUT2D eigenvalue weighted by atomic mass is 10.0. The van der Waals surface area contributed by atoms with Gasteiger partial charge in [0.15, 0.2) is 0 Å². The van der Waals surface area contributed by atoms with Crippen molar-refractivity contribution >= 4 is 44.8 Å². The third kappa shape index (κ3) is 5.18. The molecule has 1 N–H and O–H groups in total. The van der Waals surface area contributed by atoms with Crippen molar-refractivity contribution in [3.05, 3.63) is 93.5 Å². The number of fused-ring (bicyclic) bond motifs is 1. The third-order valence-electron chi connectivity index (χ3n) is 5.80. The van der Waals surface area contributed by atoms with Crippen LogP contribution in [0.4, 0.5) is 5.69 Å². The number of hydrogen-bond acceptors (Lipinski definition) is 3. The van der Waals surface area contributed by atoms with Crippen LogP contribution in [0.3, 0.4) is 0 Å². The summed E-state index contributed by atoms with van der Waals surface area (Å²) in [6.45, 7) is 1.47. The molecule has 0 heterocycles. The third-order valence-corrected chi connectivity index (χ3v) is 8.11. The van der Waals surface area contributed by atoms with Gasteiger partial charge in [0.05, 0.1) is 21.6 Å². The maximum absolute atomic E-state index is 13.4. The predicted molar refractivity (Wildman–Crippen MR) is 132 cm³/mol. The molecular formula is C25H24Cl2N2O3S. The maximum Gasteiger partial charge on any atom is 0.264 e. The molecule has 0 spiro atoms. The van der Waals surface area contributed by atoms with E-state index < -0.39 is 22.5 Å². The van der Waals surface area contributed by atoms with Gasteiger partial charge in [-0.15, -0.1) is 0 Å². The number of nitrogens with zero attached hydrogens (tertiary/aromatic N) is 1. The second-order valence-electron chi connectivity index (χ2n) is 8.09. The number of nitrogens with one attached hydrogen (secondary N) is 1. The van der Waals surface area contributed by atoms with Crippen LogP contribution in [-0.2, 0) is 27.7 Å². The van der Waals surface area contributed by atoms with E-state index in [1.54, 1.807) is 24.3 Å². The van der Waals surface area contributed by atoms with E-state index in [0.29, 0.717) is 5.02 Å². The lowest BCUT2D eigenvalue weighted by Gasteiger charge is -2.26. The summed E-state index contributed by atoms with van der Waals surface area (Å²) < 4.78 is 27.9. The lowest BCUT2D eigenvalue weighted by molar-refractivity contribution is -0.120. The summed E-state index contributed by atoms with van der Waals surface area (Å²) in [5.41, 5.74) is 3.85. The molecule has 8 heteroatoms. The number of carbonyl (C=O) groups excluding carboxylic acids is 1. The number of sulfonamides is 1. The summed E-state index contributed by atoms with van der Waals surface area (Å²) in [5, 5.41) is 3.44. The molecule has 5 nitrogen and oxygen atoms in total. The normalized spacial score (nSPS) is 13.9. The molecule has 3 aromatic carbocycles. The smallest absolute Gasteiger partial charge is 0.264 e. The zero-order chi connectivity index (χ0) is 23.6. The Morgan fingerprint density at radius 3 is 2.45 bits per heavy atom. The second-order valence-corrected chi connectivity index (χ2v) is 10.8. The minimum Gasteiger partial charge on any atom is -0.348 e. The van der Waals surface area contributed by atoms with Gasteiger partial charge in [-0.2, -0.15) is 0 Å². The second kappa shape index (κ2) is 9.75. The monoisotopic (exact) mass is 502 g/mol. The molecule has 0 fully saturated rings. The summed E-state index contributed by atoms with van der Waals surface area (Å²) in [6, 6.07) is 18.4. The number of amides is 1. The van der Waals surface area contributed by atoms with Gasteiger partial charge in [0.2, 0.25) is 5.91 Å². The standard InChI is InChI=1S/C25H24Cl2N2O3S/c1-17(19-11-10-18-6-5-7-20(18)14-19)28-25(30)16-29(24-13-12-21(26)15-23(24)27)33(31,32)22-8-3-2-4-9-22/h2-4,8-15,17H,5-7,16H2,1H3,(H,28,30)/t17-/m0/s1. The van der Waals surface area contributed by atoms with Crippen LogP contribution in [-0.4, -0.2) is 20.9 Å². The summed E-state index contributed by atoms with van der Waals surface area (Å²) >= 11 is 12.3. The summed E-state index contributed by atoms with van der Waals surface area (Å²) in [7, 11) is -4.05. The zero-order valence-corrected chi connectivity index (χ0v) is 20.4. The van der Waals surface area contributed by atoms with E-state index in [1.165, 1.54) is 35.4 Å². The van der Waals surface area contributed by atoms with Crippen molar-refractivity contribution in [3.63, 3.8) is 0 Å². The van der Waals surface area contributed by atoms with Crippen LogP contribution in [0.25, 0.3) is 0 Å². The van der Waals surface area contributed by atoms with E-state index >= 15 is 0 Å². The van der Waals surface area contributed by atoms with Crippen molar-refractivity contribution in [1.82, 2.24) is 5.32 Å².